The van der Waals surface area contributed by atoms with Gasteiger partial charge in [-0.3, -0.25) is 4.79 Å². The average Bonchev–Trinajstić information content (AvgIpc) is 2.80. The Kier molecular flexibility index (Phi) is 6.86. The summed E-state index contributed by atoms with van der Waals surface area (Å²) in [5.41, 5.74) is 0.915. The normalized spacial score (nSPS) is 18.2. The summed E-state index contributed by atoms with van der Waals surface area (Å²) in [6.07, 6.45) is 0.855. The van der Waals surface area contributed by atoms with E-state index in [1.807, 2.05) is 25.1 Å². The number of hydrogen-bond donors (Lipinski definition) is 1. The van der Waals surface area contributed by atoms with E-state index in [-0.39, 0.29) is 45.9 Å². The van der Waals surface area contributed by atoms with E-state index in [1.165, 1.54) is 10.4 Å². The van der Waals surface area contributed by atoms with Crippen LogP contribution in [0.5, 0.6) is 11.5 Å². The van der Waals surface area contributed by atoms with Crippen LogP contribution >= 0.6 is 23.2 Å². The number of carbonyl (C=O) groups is 1. The van der Waals surface area contributed by atoms with E-state index in [9.17, 15) is 13.2 Å². The van der Waals surface area contributed by atoms with Crippen molar-refractivity contribution in [3.8, 4) is 11.5 Å². The first kappa shape index (κ1) is 23.2. The van der Waals surface area contributed by atoms with Crippen LogP contribution in [-0.2, 0) is 14.8 Å². The SMILES string of the molecule is C[C@H](NC(=O)C1CCN(S(=O)(=O)c2cccc(Cl)c2Cl)CC1)c1ccc2c(c1)OCCO2. The Balaban J connectivity index is 1.37. The molecule has 2 aliphatic heterocycles. The van der Waals surface area contributed by atoms with Gasteiger partial charge in [0.1, 0.15) is 18.1 Å². The summed E-state index contributed by atoms with van der Waals surface area (Å²) in [5, 5.41) is 3.24. The van der Waals surface area contributed by atoms with E-state index in [4.69, 9.17) is 32.7 Å². The molecule has 0 radical (unpaired) electrons. The van der Waals surface area contributed by atoms with Crippen LogP contribution in [0, 0.1) is 5.92 Å². The zero-order chi connectivity index (χ0) is 22.9. The van der Waals surface area contributed by atoms with E-state index in [0.717, 1.165) is 5.56 Å². The molecule has 0 unspecified atom stereocenters. The smallest absolute Gasteiger partial charge is 0.244 e. The predicted molar refractivity (Wildman–Crippen MR) is 122 cm³/mol. The number of ether oxygens (including phenoxy) is 2. The highest BCUT2D eigenvalue weighted by Crippen LogP contribution is 2.34. The minimum Gasteiger partial charge on any atom is -0.486 e. The van der Waals surface area contributed by atoms with Gasteiger partial charge in [0, 0.05) is 19.0 Å². The van der Waals surface area contributed by atoms with Crippen molar-refractivity contribution in [3.63, 3.8) is 0 Å². The number of amides is 1. The number of sulfonamides is 1. The number of nitrogens with one attached hydrogen (secondary N) is 1. The second-order valence-corrected chi connectivity index (χ2v) is 10.6. The van der Waals surface area contributed by atoms with Crippen LogP contribution in [0.2, 0.25) is 10.0 Å². The predicted octanol–water partition coefficient (Wildman–Crippen LogP) is 4.04. The number of rotatable bonds is 5. The first-order valence-electron chi connectivity index (χ1n) is 10.4. The number of nitrogens with zero attached hydrogens (tertiary/aromatic N) is 1. The van der Waals surface area contributed by atoms with Crippen molar-refractivity contribution in [3.05, 3.63) is 52.0 Å². The number of carbonyl (C=O) groups excluding carboxylic acids is 1. The summed E-state index contributed by atoms with van der Waals surface area (Å²) in [6, 6.07) is 9.95. The first-order chi connectivity index (χ1) is 15.3. The van der Waals surface area contributed by atoms with E-state index >= 15 is 0 Å². The average molecular weight is 499 g/mol. The van der Waals surface area contributed by atoms with Crippen LogP contribution in [0.3, 0.4) is 0 Å². The highest BCUT2D eigenvalue weighted by Gasteiger charge is 2.34. The molecule has 1 saturated heterocycles. The number of piperidine rings is 1. The van der Waals surface area contributed by atoms with Gasteiger partial charge in [-0.15, -0.1) is 0 Å². The fraction of sp³-hybridized carbons (Fsp3) is 0.409. The van der Waals surface area contributed by atoms with Crippen LogP contribution < -0.4 is 14.8 Å². The van der Waals surface area contributed by atoms with Crippen LogP contribution in [-0.4, -0.2) is 44.9 Å². The van der Waals surface area contributed by atoms with Crippen LogP contribution in [0.25, 0.3) is 0 Å². The Morgan fingerprint density at radius 3 is 2.50 bits per heavy atom. The van der Waals surface area contributed by atoms with E-state index in [1.54, 1.807) is 12.1 Å². The lowest BCUT2D eigenvalue weighted by molar-refractivity contribution is -0.126. The number of hydrogen-bond acceptors (Lipinski definition) is 5. The highest BCUT2D eigenvalue weighted by atomic mass is 35.5. The molecule has 0 aromatic heterocycles. The van der Waals surface area contributed by atoms with Crippen molar-refractivity contribution in [2.45, 2.75) is 30.7 Å². The summed E-state index contributed by atoms with van der Waals surface area (Å²) in [5.74, 6) is 1.01. The molecule has 7 nitrogen and oxygen atoms in total. The van der Waals surface area contributed by atoms with E-state index in [2.05, 4.69) is 5.32 Å². The van der Waals surface area contributed by atoms with Crippen molar-refractivity contribution in [2.24, 2.45) is 5.92 Å². The number of halogens is 2. The maximum atomic E-state index is 13.0. The molecular weight excluding hydrogens is 475 g/mol. The zero-order valence-electron chi connectivity index (χ0n) is 17.5. The van der Waals surface area contributed by atoms with Crippen molar-refractivity contribution < 1.29 is 22.7 Å². The van der Waals surface area contributed by atoms with Crippen LogP contribution in [0.4, 0.5) is 0 Å². The highest BCUT2D eigenvalue weighted by molar-refractivity contribution is 7.89. The minimum absolute atomic E-state index is 0.0122. The minimum atomic E-state index is -3.78. The largest absolute Gasteiger partial charge is 0.486 e. The molecular formula is C22H24Cl2N2O5S. The molecule has 2 aliphatic rings. The maximum Gasteiger partial charge on any atom is 0.244 e. The Bertz CT molecular complexity index is 1120. The quantitative estimate of drug-likeness (QED) is 0.672. The number of fused-ring (bicyclic) bond motifs is 1. The van der Waals surface area contributed by atoms with Crippen LogP contribution in [0.15, 0.2) is 41.3 Å². The summed E-state index contributed by atoms with van der Waals surface area (Å²) in [4.78, 5) is 12.8. The van der Waals surface area contributed by atoms with Gasteiger partial charge in [0.2, 0.25) is 15.9 Å². The van der Waals surface area contributed by atoms with Gasteiger partial charge >= 0.3 is 0 Å². The van der Waals surface area contributed by atoms with E-state index in [0.29, 0.717) is 37.6 Å². The van der Waals surface area contributed by atoms with Crippen molar-refractivity contribution >= 4 is 39.1 Å². The monoisotopic (exact) mass is 498 g/mol. The van der Waals surface area contributed by atoms with E-state index < -0.39 is 10.0 Å². The summed E-state index contributed by atoms with van der Waals surface area (Å²) in [7, 11) is -3.78. The fourth-order valence-electron chi connectivity index (χ4n) is 3.92. The molecule has 0 bridgehead atoms. The molecule has 1 fully saturated rings. The molecule has 2 aromatic rings. The molecule has 1 N–H and O–H groups in total. The van der Waals surface area contributed by atoms with Gasteiger partial charge in [-0.05, 0) is 49.6 Å². The lowest BCUT2D eigenvalue weighted by Crippen LogP contribution is -2.43. The molecule has 2 aromatic carbocycles. The third kappa shape index (κ3) is 4.69. The summed E-state index contributed by atoms with van der Waals surface area (Å²) in [6.45, 7) is 3.41. The Hall–Kier alpha value is -2.00. The van der Waals surface area contributed by atoms with Gasteiger partial charge in [0.25, 0.3) is 0 Å². The third-order valence-corrected chi connectivity index (χ3v) is 8.66. The molecule has 10 heteroatoms. The van der Waals surface area contributed by atoms with Gasteiger partial charge < -0.3 is 14.8 Å². The standard InChI is InChI=1S/C22H24Cl2N2O5S/c1-14(16-5-6-18-19(13-16)31-12-11-30-18)25-22(27)15-7-9-26(10-8-15)32(28,29)20-4-2-3-17(23)21(20)24/h2-6,13-15H,7-12H2,1H3,(H,25,27)/t14-/m0/s1. The molecule has 1 atom stereocenters. The second kappa shape index (κ2) is 9.47. The molecule has 2 heterocycles. The molecule has 4 rings (SSSR count). The molecule has 172 valence electrons. The second-order valence-electron chi connectivity index (χ2n) is 7.86. The lowest BCUT2D eigenvalue weighted by Gasteiger charge is -2.31. The molecule has 32 heavy (non-hydrogen) atoms. The fourth-order valence-corrected chi connectivity index (χ4v) is 6.13. The van der Waals surface area contributed by atoms with Gasteiger partial charge in [0.05, 0.1) is 16.1 Å². The lowest BCUT2D eigenvalue weighted by atomic mass is 9.96. The zero-order valence-corrected chi connectivity index (χ0v) is 19.8. The van der Waals surface area contributed by atoms with Crippen LogP contribution in [0.1, 0.15) is 31.4 Å². The van der Waals surface area contributed by atoms with Gasteiger partial charge in [0.15, 0.2) is 11.5 Å². The Morgan fingerprint density at radius 1 is 1.09 bits per heavy atom. The topological polar surface area (TPSA) is 84.9 Å². The first-order valence-corrected chi connectivity index (χ1v) is 12.6. The Morgan fingerprint density at radius 2 is 1.78 bits per heavy atom. The van der Waals surface area contributed by atoms with Gasteiger partial charge in [-0.25, -0.2) is 8.42 Å². The van der Waals surface area contributed by atoms with Gasteiger partial charge in [-0.1, -0.05) is 35.3 Å². The molecule has 0 saturated carbocycles. The third-order valence-electron chi connectivity index (χ3n) is 5.78. The maximum absolute atomic E-state index is 13.0. The number of benzene rings is 2. The Labute approximate surface area is 197 Å². The molecule has 1 amide bonds. The van der Waals surface area contributed by atoms with Crippen molar-refractivity contribution in [2.75, 3.05) is 26.3 Å². The van der Waals surface area contributed by atoms with Crippen molar-refractivity contribution in [1.29, 1.82) is 0 Å². The molecule has 0 spiro atoms. The summed E-state index contributed by atoms with van der Waals surface area (Å²) < 4.78 is 38.5. The van der Waals surface area contributed by atoms with Crippen molar-refractivity contribution in [1.82, 2.24) is 9.62 Å². The molecule has 0 aliphatic carbocycles. The summed E-state index contributed by atoms with van der Waals surface area (Å²) >= 11 is 12.1. The van der Waals surface area contributed by atoms with Gasteiger partial charge in [-0.2, -0.15) is 4.31 Å².